The number of ether oxygens (including phenoxy) is 2. The van der Waals surface area contributed by atoms with Crippen molar-refractivity contribution in [2.75, 3.05) is 14.2 Å². The Bertz CT molecular complexity index is 292. The van der Waals surface area contributed by atoms with Gasteiger partial charge >= 0.3 is 11.9 Å². The van der Waals surface area contributed by atoms with Crippen LogP contribution in [0, 0.1) is 6.92 Å². The fourth-order valence-corrected chi connectivity index (χ4v) is 0.746. The van der Waals surface area contributed by atoms with E-state index in [0.29, 0.717) is 11.6 Å². The van der Waals surface area contributed by atoms with Crippen LogP contribution in [0.15, 0.2) is 4.42 Å². The fraction of sp³-hybridized carbons (Fsp3) is 0.429. The predicted molar refractivity (Wildman–Crippen MR) is 39.1 cm³/mol. The molecule has 0 aliphatic carbocycles. The van der Waals surface area contributed by atoms with Gasteiger partial charge in [-0.1, -0.05) is 0 Å². The van der Waals surface area contributed by atoms with Gasteiger partial charge in [-0.2, -0.15) is 4.98 Å². The molecule has 0 saturated heterocycles. The molecule has 0 aliphatic heterocycles. The number of hydrogen-bond donors (Lipinski definition) is 0. The maximum Gasteiger partial charge on any atom is 0.394 e. The quantitative estimate of drug-likeness (QED) is 0.615. The summed E-state index contributed by atoms with van der Waals surface area (Å²) in [5, 5.41) is 0. The van der Waals surface area contributed by atoms with Crippen molar-refractivity contribution in [2.24, 2.45) is 0 Å². The van der Waals surface area contributed by atoms with E-state index in [1.165, 1.54) is 14.2 Å². The Morgan fingerprint density at radius 3 is 2.58 bits per heavy atom. The first kappa shape index (κ1) is 8.58. The molecule has 0 spiro atoms. The van der Waals surface area contributed by atoms with Gasteiger partial charge in [-0.05, 0) is 6.92 Å². The number of carbonyl (C=O) groups excluding carboxylic acids is 1. The lowest BCUT2D eigenvalue weighted by atomic mass is 10.6. The van der Waals surface area contributed by atoms with Crippen molar-refractivity contribution in [3.63, 3.8) is 0 Å². The van der Waals surface area contributed by atoms with Crippen molar-refractivity contribution in [3.05, 3.63) is 11.7 Å². The average Bonchev–Trinajstić information content (AvgIpc) is 2.45. The Morgan fingerprint density at radius 2 is 2.17 bits per heavy atom. The average molecular weight is 171 g/mol. The summed E-state index contributed by atoms with van der Waals surface area (Å²) in [7, 11) is 2.71. The highest BCUT2D eigenvalue weighted by Gasteiger charge is 2.16. The molecule has 0 amide bonds. The van der Waals surface area contributed by atoms with E-state index in [2.05, 4.69) is 9.72 Å². The van der Waals surface area contributed by atoms with Crippen LogP contribution >= 0.6 is 0 Å². The van der Waals surface area contributed by atoms with Crippen molar-refractivity contribution in [3.8, 4) is 5.88 Å². The molecule has 1 heterocycles. The second-order valence-electron chi connectivity index (χ2n) is 2.08. The van der Waals surface area contributed by atoms with Gasteiger partial charge in [0.25, 0.3) is 5.88 Å². The Morgan fingerprint density at radius 1 is 1.50 bits per heavy atom. The molecule has 0 bridgehead atoms. The van der Waals surface area contributed by atoms with Gasteiger partial charge in [-0.25, -0.2) is 4.79 Å². The summed E-state index contributed by atoms with van der Waals surface area (Å²) in [5.41, 5.74) is 0. The van der Waals surface area contributed by atoms with Crippen LogP contribution in [0.3, 0.4) is 0 Å². The Hall–Kier alpha value is -1.52. The normalized spacial score (nSPS) is 9.58. The minimum Gasteiger partial charge on any atom is -0.479 e. The molecule has 1 aromatic rings. The van der Waals surface area contributed by atoms with Crippen molar-refractivity contribution >= 4 is 5.97 Å². The smallest absolute Gasteiger partial charge is 0.394 e. The van der Waals surface area contributed by atoms with Crippen LogP contribution in [-0.4, -0.2) is 25.2 Å². The molecule has 12 heavy (non-hydrogen) atoms. The van der Waals surface area contributed by atoms with Gasteiger partial charge < -0.3 is 13.9 Å². The SMILES string of the molecule is COC(=O)c1nc(OC)c(C)o1. The molecule has 0 unspecified atom stereocenters. The van der Waals surface area contributed by atoms with Crippen LogP contribution in [0.4, 0.5) is 0 Å². The Balaban J connectivity index is 2.96. The number of hydrogen-bond acceptors (Lipinski definition) is 5. The zero-order valence-electron chi connectivity index (χ0n) is 7.08. The second-order valence-corrected chi connectivity index (χ2v) is 2.08. The van der Waals surface area contributed by atoms with Gasteiger partial charge in [0.15, 0.2) is 5.76 Å². The Labute approximate surface area is 69.3 Å². The molecule has 0 radical (unpaired) electrons. The topological polar surface area (TPSA) is 61.6 Å². The second kappa shape index (κ2) is 3.25. The number of rotatable bonds is 2. The number of methoxy groups -OCH3 is 2. The van der Waals surface area contributed by atoms with E-state index in [1.54, 1.807) is 6.92 Å². The molecular formula is C7H9NO4. The van der Waals surface area contributed by atoms with E-state index in [4.69, 9.17) is 9.15 Å². The summed E-state index contributed by atoms with van der Waals surface area (Å²) in [6, 6.07) is 0. The van der Waals surface area contributed by atoms with Crippen LogP contribution < -0.4 is 4.74 Å². The van der Waals surface area contributed by atoms with E-state index in [0.717, 1.165) is 0 Å². The molecule has 0 N–H and O–H groups in total. The third-order valence-corrected chi connectivity index (χ3v) is 1.31. The zero-order valence-corrected chi connectivity index (χ0v) is 7.08. The largest absolute Gasteiger partial charge is 0.479 e. The zero-order chi connectivity index (χ0) is 9.14. The molecule has 0 fully saturated rings. The van der Waals surface area contributed by atoms with E-state index in [9.17, 15) is 4.79 Å². The minimum absolute atomic E-state index is 0.0909. The van der Waals surface area contributed by atoms with Gasteiger partial charge in [0, 0.05) is 0 Å². The molecule has 0 atom stereocenters. The van der Waals surface area contributed by atoms with Gasteiger partial charge in [0.2, 0.25) is 0 Å². The van der Waals surface area contributed by atoms with Crippen LogP contribution in [0.1, 0.15) is 16.4 Å². The lowest BCUT2D eigenvalue weighted by Crippen LogP contribution is -2.00. The first-order chi connectivity index (χ1) is 5.69. The molecule has 1 rings (SSSR count). The third-order valence-electron chi connectivity index (χ3n) is 1.31. The van der Waals surface area contributed by atoms with Crippen LogP contribution in [0.25, 0.3) is 0 Å². The van der Waals surface area contributed by atoms with Crippen molar-refractivity contribution in [1.29, 1.82) is 0 Å². The summed E-state index contributed by atoms with van der Waals surface area (Å²) < 4.78 is 14.2. The van der Waals surface area contributed by atoms with E-state index in [1.807, 2.05) is 0 Å². The summed E-state index contributed by atoms with van der Waals surface area (Å²) in [4.78, 5) is 14.6. The number of aromatic nitrogens is 1. The van der Waals surface area contributed by atoms with Crippen molar-refractivity contribution in [2.45, 2.75) is 6.92 Å². The van der Waals surface area contributed by atoms with Gasteiger partial charge in [0.1, 0.15) is 0 Å². The Kier molecular flexibility index (Phi) is 2.32. The minimum atomic E-state index is -0.610. The van der Waals surface area contributed by atoms with Crippen LogP contribution in [0.2, 0.25) is 0 Å². The molecule has 66 valence electrons. The molecule has 5 nitrogen and oxygen atoms in total. The van der Waals surface area contributed by atoms with E-state index in [-0.39, 0.29) is 5.89 Å². The van der Waals surface area contributed by atoms with Crippen LogP contribution in [-0.2, 0) is 4.74 Å². The number of aryl methyl sites for hydroxylation is 1. The van der Waals surface area contributed by atoms with Crippen molar-refractivity contribution < 1.29 is 18.7 Å². The highest BCUT2D eigenvalue weighted by Crippen LogP contribution is 2.17. The first-order valence-corrected chi connectivity index (χ1v) is 3.28. The monoisotopic (exact) mass is 171 g/mol. The van der Waals surface area contributed by atoms with Gasteiger partial charge in [-0.3, -0.25) is 0 Å². The number of oxazole rings is 1. The molecule has 0 aliphatic rings. The van der Waals surface area contributed by atoms with Gasteiger partial charge in [-0.15, -0.1) is 0 Å². The molecule has 0 saturated carbocycles. The highest BCUT2D eigenvalue weighted by atomic mass is 16.5. The standard InChI is InChI=1S/C7H9NO4/c1-4-5(10-2)8-6(12-4)7(9)11-3/h1-3H3. The van der Waals surface area contributed by atoms with E-state index >= 15 is 0 Å². The summed E-state index contributed by atoms with van der Waals surface area (Å²) >= 11 is 0. The molecular weight excluding hydrogens is 162 g/mol. The lowest BCUT2D eigenvalue weighted by molar-refractivity contribution is 0.0554. The first-order valence-electron chi connectivity index (χ1n) is 3.28. The van der Waals surface area contributed by atoms with Crippen LogP contribution in [0.5, 0.6) is 5.88 Å². The number of carbonyl (C=O) groups is 1. The van der Waals surface area contributed by atoms with Crippen molar-refractivity contribution in [1.82, 2.24) is 4.98 Å². The highest BCUT2D eigenvalue weighted by molar-refractivity contribution is 5.84. The molecule has 0 aromatic carbocycles. The summed E-state index contributed by atoms with van der Waals surface area (Å²) in [5.74, 6) is 0.0570. The predicted octanol–water partition coefficient (Wildman–Crippen LogP) is 0.778. The van der Waals surface area contributed by atoms with Gasteiger partial charge in [0.05, 0.1) is 14.2 Å². The maximum atomic E-state index is 10.9. The fourth-order valence-electron chi connectivity index (χ4n) is 0.746. The summed E-state index contributed by atoms with van der Waals surface area (Å²) in [6.07, 6.45) is 0. The van der Waals surface area contributed by atoms with E-state index < -0.39 is 5.97 Å². The maximum absolute atomic E-state index is 10.9. The molecule has 5 heteroatoms. The molecule has 1 aromatic heterocycles. The third kappa shape index (κ3) is 1.39. The summed E-state index contributed by atoms with van der Waals surface area (Å²) in [6.45, 7) is 1.65. The number of esters is 1. The number of nitrogens with zero attached hydrogens (tertiary/aromatic N) is 1. The lowest BCUT2D eigenvalue weighted by Gasteiger charge is -1.89.